The summed E-state index contributed by atoms with van der Waals surface area (Å²) >= 11 is 0. The Kier molecular flexibility index (Phi) is 5.96. The van der Waals surface area contributed by atoms with Gasteiger partial charge in [0.2, 0.25) is 0 Å². The van der Waals surface area contributed by atoms with E-state index in [1.54, 1.807) is 48.5 Å². The second-order valence-electron chi connectivity index (χ2n) is 6.22. The predicted octanol–water partition coefficient (Wildman–Crippen LogP) is 4.29. The first-order chi connectivity index (χ1) is 14.5. The van der Waals surface area contributed by atoms with Gasteiger partial charge in [0.1, 0.15) is 4.90 Å². The first-order valence-corrected chi connectivity index (χ1v) is 10.0. The fraction of sp³-hybridized carbons (Fsp3) is 0.0476. The molecular formula is C21H13F3O6S. The maximum Gasteiger partial charge on any atom is 0.573 e. The van der Waals surface area contributed by atoms with Gasteiger partial charge < -0.3 is 4.74 Å². The molecule has 0 aliphatic heterocycles. The van der Waals surface area contributed by atoms with Gasteiger partial charge in [0.15, 0.2) is 17.3 Å². The molecule has 0 saturated heterocycles. The van der Waals surface area contributed by atoms with Crippen LogP contribution < -0.4 is 4.74 Å². The van der Waals surface area contributed by atoms with Crippen LogP contribution in [0.4, 0.5) is 13.2 Å². The molecule has 31 heavy (non-hydrogen) atoms. The maximum absolute atomic E-state index is 12.1. The van der Waals surface area contributed by atoms with Crippen LogP contribution in [0.3, 0.4) is 0 Å². The lowest BCUT2D eigenvalue weighted by Crippen LogP contribution is -2.20. The van der Waals surface area contributed by atoms with Crippen LogP contribution >= 0.6 is 0 Å². The molecule has 0 radical (unpaired) electrons. The van der Waals surface area contributed by atoms with Crippen molar-refractivity contribution in [2.24, 2.45) is 0 Å². The van der Waals surface area contributed by atoms with Gasteiger partial charge in [0, 0.05) is 22.3 Å². The van der Waals surface area contributed by atoms with Crippen molar-refractivity contribution in [3.05, 3.63) is 95.1 Å². The van der Waals surface area contributed by atoms with Crippen molar-refractivity contribution in [1.29, 1.82) is 0 Å². The molecule has 6 nitrogen and oxygen atoms in total. The van der Waals surface area contributed by atoms with Crippen LogP contribution in [0.15, 0.2) is 77.7 Å². The van der Waals surface area contributed by atoms with E-state index in [0.29, 0.717) is 22.3 Å². The Hall–Kier alpha value is -3.50. The number of halogens is 3. The number of alkyl halides is 3. The summed E-state index contributed by atoms with van der Waals surface area (Å²) in [7, 11) is -4.73. The summed E-state index contributed by atoms with van der Waals surface area (Å²) in [6, 6.07) is 17.8. The standard InChI is InChI=1S/C14H8O2.C7H5F3O4S/c15-13-9-5-1-2-6-10(9)14(16)12-8-4-3-7-11(12)13;8-7(9,10)14-5-3-1-2-4-6(5)15(11,12)13/h1-8H;1-4H,(H,11,12,13). The monoisotopic (exact) mass is 450 g/mol. The number of rotatable bonds is 2. The normalized spacial score (nSPS) is 12.9. The van der Waals surface area contributed by atoms with Crippen molar-refractivity contribution in [3.63, 3.8) is 0 Å². The summed E-state index contributed by atoms with van der Waals surface area (Å²) in [5.74, 6) is -1.09. The van der Waals surface area contributed by atoms with Gasteiger partial charge in [-0.1, -0.05) is 60.7 Å². The van der Waals surface area contributed by atoms with Crippen molar-refractivity contribution in [3.8, 4) is 5.75 Å². The second kappa shape index (κ2) is 8.32. The molecule has 0 saturated carbocycles. The van der Waals surface area contributed by atoms with E-state index in [0.717, 1.165) is 24.3 Å². The highest BCUT2D eigenvalue weighted by Gasteiger charge is 2.33. The van der Waals surface area contributed by atoms with Crippen molar-refractivity contribution in [1.82, 2.24) is 0 Å². The number of hydrogen-bond donors (Lipinski definition) is 1. The number of fused-ring (bicyclic) bond motifs is 2. The molecule has 3 aromatic carbocycles. The van der Waals surface area contributed by atoms with E-state index in [4.69, 9.17) is 4.55 Å². The highest BCUT2D eigenvalue weighted by Crippen LogP contribution is 2.29. The van der Waals surface area contributed by atoms with Gasteiger partial charge in [-0.3, -0.25) is 14.1 Å². The third-order valence-electron chi connectivity index (χ3n) is 4.19. The topological polar surface area (TPSA) is 97.7 Å². The van der Waals surface area contributed by atoms with Gasteiger partial charge in [-0.25, -0.2) is 0 Å². The van der Waals surface area contributed by atoms with Crippen LogP contribution in [0.2, 0.25) is 0 Å². The molecule has 160 valence electrons. The van der Waals surface area contributed by atoms with Gasteiger partial charge in [-0.15, -0.1) is 13.2 Å². The zero-order valence-electron chi connectivity index (χ0n) is 15.5. The fourth-order valence-corrected chi connectivity index (χ4v) is 3.54. The Morgan fingerprint density at radius 3 is 1.39 bits per heavy atom. The number of ether oxygens (including phenoxy) is 1. The highest BCUT2D eigenvalue weighted by atomic mass is 32.2. The van der Waals surface area contributed by atoms with E-state index in [2.05, 4.69) is 4.74 Å². The highest BCUT2D eigenvalue weighted by molar-refractivity contribution is 7.86. The number of hydrogen-bond acceptors (Lipinski definition) is 5. The number of para-hydroxylation sites is 1. The lowest BCUT2D eigenvalue weighted by atomic mass is 9.84. The number of carbonyl (C=O) groups excluding carboxylic acids is 2. The molecule has 0 aromatic heterocycles. The minimum atomic E-state index is -5.01. The van der Waals surface area contributed by atoms with E-state index < -0.39 is 27.1 Å². The molecule has 0 fully saturated rings. The Labute approximate surface area is 174 Å². The summed E-state index contributed by atoms with van der Waals surface area (Å²) in [6.45, 7) is 0. The molecule has 0 amide bonds. The zero-order valence-corrected chi connectivity index (χ0v) is 16.3. The van der Waals surface area contributed by atoms with E-state index in [-0.39, 0.29) is 11.6 Å². The van der Waals surface area contributed by atoms with E-state index in [1.807, 2.05) is 0 Å². The summed E-state index contributed by atoms with van der Waals surface area (Å²) in [5.41, 5.74) is 2.02. The molecule has 0 bridgehead atoms. The Bertz CT molecular complexity index is 1160. The third kappa shape index (κ3) is 4.98. The van der Waals surface area contributed by atoms with Gasteiger partial charge in [0.25, 0.3) is 10.1 Å². The number of ketones is 2. The maximum atomic E-state index is 12.1. The smallest absolute Gasteiger partial charge is 0.404 e. The van der Waals surface area contributed by atoms with Crippen LogP contribution in [-0.2, 0) is 10.1 Å². The van der Waals surface area contributed by atoms with E-state index >= 15 is 0 Å². The van der Waals surface area contributed by atoms with Crippen LogP contribution in [0.25, 0.3) is 0 Å². The minimum Gasteiger partial charge on any atom is -0.404 e. The Balaban J connectivity index is 0.000000176. The number of carbonyl (C=O) groups is 2. The average Bonchev–Trinajstić information content (AvgIpc) is 2.71. The molecular weight excluding hydrogens is 437 g/mol. The second-order valence-corrected chi connectivity index (χ2v) is 7.61. The van der Waals surface area contributed by atoms with Gasteiger partial charge in [-0.2, -0.15) is 8.42 Å². The Morgan fingerprint density at radius 2 is 1.03 bits per heavy atom. The van der Waals surface area contributed by atoms with Gasteiger partial charge in [-0.05, 0) is 12.1 Å². The fourth-order valence-electron chi connectivity index (χ4n) is 2.92. The number of benzene rings is 3. The largest absolute Gasteiger partial charge is 0.573 e. The minimum absolute atomic E-state index is 0.0641. The van der Waals surface area contributed by atoms with E-state index in [1.165, 1.54) is 0 Å². The van der Waals surface area contributed by atoms with Gasteiger partial charge in [0.05, 0.1) is 0 Å². The zero-order chi connectivity index (χ0) is 22.8. The molecule has 4 rings (SSSR count). The third-order valence-corrected chi connectivity index (χ3v) is 5.08. The Morgan fingerprint density at radius 1 is 0.677 bits per heavy atom. The lowest BCUT2D eigenvalue weighted by Gasteiger charge is -2.16. The first-order valence-electron chi connectivity index (χ1n) is 8.59. The predicted molar refractivity (Wildman–Crippen MR) is 103 cm³/mol. The van der Waals surface area contributed by atoms with Crippen molar-refractivity contribution >= 4 is 21.7 Å². The summed E-state index contributed by atoms with van der Waals surface area (Å²) in [6.07, 6.45) is -5.01. The van der Waals surface area contributed by atoms with Crippen molar-refractivity contribution in [2.45, 2.75) is 11.3 Å². The molecule has 1 aliphatic rings. The van der Waals surface area contributed by atoms with Crippen LogP contribution in [0.5, 0.6) is 5.75 Å². The van der Waals surface area contributed by atoms with Crippen molar-refractivity contribution in [2.75, 3.05) is 0 Å². The summed E-state index contributed by atoms with van der Waals surface area (Å²) in [4.78, 5) is 23.3. The molecule has 0 heterocycles. The molecule has 0 atom stereocenters. The molecule has 0 spiro atoms. The lowest BCUT2D eigenvalue weighted by molar-refractivity contribution is -0.275. The SMILES string of the molecule is O=C1c2ccccc2C(=O)c2ccccc21.O=S(=O)(O)c1ccccc1OC(F)(F)F. The quantitative estimate of drug-likeness (QED) is 0.458. The summed E-state index contributed by atoms with van der Waals surface area (Å²) < 4.78 is 68.7. The van der Waals surface area contributed by atoms with Crippen LogP contribution in [0, 0.1) is 0 Å². The molecule has 3 aromatic rings. The molecule has 1 aliphatic carbocycles. The van der Waals surface area contributed by atoms with Crippen molar-refractivity contribution < 1.29 is 40.5 Å². The van der Waals surface area contributed by atoms with E-state index in [9.17, 15) is 31.2 Å². The summed E-state index contributed by atoms with van der Waals surface area (Å²) in [5, 5.41) is 0. The van der Waals surface area contributed by atoms with Crippen LogP contribution in [0.1, 0.15) is 31.8 Å². The average molecular weight is 450 g/mol. The molecule has 0 unspecified atom stereocenters. The molecule has 10 heteroatoms. The molecule has 1 N–H and O–H groups in total. The van der Waals surface area contributed by atoms with Crippen LogP contribution in [-0.4, -0.2) is 30.9 Å². The van der Waals surface area contributed by atoms with Gasteiger partial charge >= 0.3 is 6.36 Å². The first kappa shape index (κ1) is 22.2.